The molecule has 0 radical (unpaired) electrons. The summed E-state index contributed by atoms with van der Waals surface area (Å²) >= 11 is 5.92. The fraction of sp³-hybridized carbons (Fsp3) is 0.333. The molecule has 0 spiro atoms. The third-order valence-corrected chi connectivity index (χ3v) is 3.30. The monoisotopic (exact) mass is 253 g/mol. The minimum absolute atomic E-state index is 0.348. The average Bonchev–Trinajstić information content (AvgIpc) is 2.53. The molecule has 1 fully saturated rings. The Morgan fingerprint density at radius 3 is 2.47 bits per heavy atom. The van der Waals surface area contributed by atoms with Gasteiger partial charge in [0.15, 0.2) is 0 Å². The Hall–Kier alpha value is -1.55. The molecule has 0 aromatic heterocycles. The van der Waals surface area contributed by atoms with Crippen LogP contribution < -0.4 is 10.1 Å². The quantitative estimate of drug-likeness (QED) is 0.639. The lowest BCUT2D eigenvalue weighted by Gasteiger charge is -2.12. The molecule has 17 heavy (non-hydrogen) atoms. The summed E-state index contributed by atoms with van der Waals surface area (Å²) in [5.74, 6) is -0.659. The number of ether oxygens (including phenoxy) is 1. The summed E-state index contributed by atoms with van der Waals surface area (Å²) in [4.78, 5) is 22.9. The topological polar surface area (TPSA) is 55.4 Å². The van der Waals surface area contributed by atoms with E-state index in [-0.39, 0.29) is 5.91 Å². The zero-order valence-corrected chi connectivity index (χ0v) is 10.2. The number of halogens is 1. The van der Waals surface area contributed by atoms with Crippen molar-refractivity contribution < 1.29 is 14.3 Å². The summed E-state index contributed by atoms with van der Waals surface area (Å²) in [5, 5.41) is 1.38. The van der Waals surface area contributed by atoms with E-state index in [1.807, 2.05) is 13.0 Å². The molecule has 1 saturated heterocycles. The Bertz CT molecular complexity index is 487. The minimum atomic E-state index is -0.838. The molecular formula is C12H12ClNO3. The smallest absolute Gasteiger partial charge is 0.245 e. The second kappa shape index (κ2) is 4.37. The van der Waals surface area contributed by atoms with Crippen molar-refractivity contribution in [2.24, 2.45) is 0 Å². The van der Waals surface area contributed by atoms with E-state index in [2.05, 4.69) is 5.32 Å². The second-order valence-electron chi connectivity index (χ2n) is 3.96. The Morgan fingerprint density at radius 2 is 2.00 bits per heavy atom. The van der Waals surface area contributed by atoms with Crippen LogP contribution in [0.2, 0.25) is 0 Å². The number of rotatable bonds is 2. The molecule has 1 heterocycles. The summed E-state index contributed by atoms with van der Waals surface area (Å²) in [6.07, 6.45) is 0. The number of amides is 2. The summed E-state index contributed by atoms with van der Waals surface area (Å²) in [7, 11) is 1.58. The predicted molar refractivity (Wildman–Crippen MR) is 63.3 cm³/mol. The van der Waals surface area contributed by atoms with Gasteiger partial charge in [-0.1, -0.05) is 12.1 Å². The normalized spacial score (nSPS) is 23.7. The van der Waals surface area contributed by atoms with E-state index in [0.717, 1.165) is 16.9 Å². The standard InChI is InChI=1S/C12H12ClNO3/c1-6-5-7(3-4-8(6)17-2)9-10(13)12(16)14-11(9)15/h3-5,9-10H,1-2H3,(H,14,15,16). The fourth-order valence-electron chi connectivity index (χ4n) is 1.97. The van der Waals surface area contributed by atoms with Crippen molar-refractivity contribution in [3.63, 3.8) is 0 Å². The van der Waals surface area contributed by atoms with Gasteiger partial charge in [-0.3, -0.25) is 14.9 Å². The number of alkyl halides is 1. The lowest BCUT2D eigenvalue weighted by molar-refractivity contribution is -0.125. The van der Waals surface area contributed by atoms with Crippen LogP contribution in [0.5, 0.6) is 5.75 Å². The molecule has 5 heteroatoms. The van der Waals surface area contributed by atoms with Crippen molar-refractivity contribution in [3.8, 4) is 5.75 Å². The summed E-state index contributed by atoms with van der Waals surface area (Å²) in [5.41, 5.74) is 1.63. The molecule has 2 atom stereocenters. The third kappa shape index (κ3) is 2.00. The van der Waals surface area contributed by atoms with Crippen LogP contribution in [0.1, 0.15) is 17.0 Å². The van der Waals surface area contributed by atoms with Gasteiger partial charge in [-0.15, -0.1) is 11.6 Å². The van der Waals surface area contributed by atoms with Crippen LogP contribution in [-0.4, -0.2) is 24.3 Å². The van der Waals surface area contributed by atoms with Gasteiger partial charge in [-0.2, -0.15) is 0 Å². The van der Waals surface area contributed by atoms with E-state index in [1.165, 1.54) is 0 Å². The zero-order valence-electron chi connectivity index (χ0n) is 9.49. The summed E-state index contributed by atoms with van der Waals surface area (Å²) in [6, 6.07) is 5.34. The highest BCUT2D eigenvalue weighted by atomic mass is 35.5. The molecule has 2 unspecified atom stereocenters. The van der Waals surface area contributed by atoms with Crippen LogP contribution in [0, 0.1) is 6.92 Å². The molecular weight excluding hydrogens is 242 g/mol. The van der Waals surface area contributed by atoms with Gasteiger partial charge < -0.3 is 4.74 Å². The first-order valence-electron chi connectivity index (χ1n) is 5.18. The van der Waals surface area contributed by atoms with Crippen molar-refractivity contribution in [1.29, 1.82) is 0 Å². The molecule has 1 aromatic rings. The SMILES string of the molecule is COc1ccc(C2C(=O)NC(=O)C2Cl)cc1C. The molecule has 2 amide bonds. The Kier molecular flexibility index (Phi) is 3.07. The number of carbonyl (C=O) groups is 2. The molecule has 1 aliphatic rings. The van der Waals surface area contributed by atoms with Crippen LogP contribution in [-0.2, 0) is 9.59 Å². The number of carbonyl (C=O) groups excluding carboxylic acids is 2. The molecule has 2 rings (SSSR count). The highest BCUT2D eigenvalue weighted by molar-refractivity contribution is 6.37. The largest absolute Gasteiger partial charge is 0.496 e. The second-order valence-corrected chi connectivity index (χ2v) is 4.43. The molecule has 0 bridgehead atoms. The lowest BCUT2D eigenvalue weighted by atomic mass is 9.95. The minimum Gasteiger partial charge on any atom is -0.496 e. The van der Waals surface area contributed by atoms with Gasteiger partial charge in [0.25, 0.3) is 0 Å². The highest BCUT2D eigenvalue weighted by Gasteiger charge is 2.41. The summed E-state index contributed by atoms with van der Waals surface area (Å²) < 4.78 is 5.14. The Morgan fingerprint density at radius 1 is 1.29 bits per heavy atom. The number of methoxy groups -OCH3 is 1. The van der Waals surface area contributed by atoms with E-state index < -0.39 is 17.2 Å². The van der Waals surface area contributed by atoms with Crippen LogP contribution in [0.4, 0.5) is 0 Å². The van der Waals surface area contributed by atoms with E-state index >= 15 is 0 Å². The first-order valence-corrected chi connectivity index (χ1v) is 5.61. The van der Waals surface area contributed by atoms with E-state index in [1.54, 1.807) is 19.2 Å². The number of hydrogen-bond donors (Lipinski definition) is 1. The zero-order chi connectivity index (χ0) is 12.6. The molecule has 4 nitrogen and oxygen atoms in total. The van der Waals surface area contributed by atoms with Crippen LogP contribution in [0.3, 0.4) is 0 Å². The number of imide groups is 1. The Balaban J connectivity index is 2.38. The predicted octanol–water partition coefficient (Wildman–Crippen LogP) is 1.35. The molecule has 1 N–H and O–H groups in total. The molecule has 1 aliphatic heterocycles. The maximum absolute atomic E-state index is 11.6. The van der Waals surface area contributed by atoms with Crippen molar-refractivity contribution in [3.05, 3.63) is 29.3 Å². The Labute approximate surface area is 104 Å². The first kappa shape index (κ1) is 11.9. The van der Waals surface area contributed by atoms with Crippen molar-refractivity contribution >= 4 is 23.4 Å². The number of aryl methyl sites for hydroxylation is 1. The van der Waals surface area contributed by atoms with Gasteiger partial charge in [0.2, 0.25) is 11.8 Å². The first-order chi connectivity index (χ1) is 8.04. The fourth-order valence-corrected chi connectivity index (χ4v) is 2.28. The van der Waals surface area contributed by atoms with Gasteiger partial charge in [0, 0.05) is 0 Å². The molecule has 0 saturated carbocycles. The van der Waals surface area contributed by atoms with Crippen molar-refractivity contribution in [2.75, 3.05) is 7.11 Å². The van der Waals surface area contributed by atoms with Gasteiger partial charge >= 0.3 is 0 Å². The molecule has 90 valence electrons. The maximum Gasteiger partial charge on any atom is 0.245 e. The van der Waals surface area contributed by atoms with E-state index in [9.17, 15) is 9.59 Å². The number of nitrogens with one attached hydrogen (secondary N) is 1. The van der Waals surface area contributed by atoms with E-state index in [0.29, 0.717) is 0 Å². The average molecular weight is 254 g/mol. The van der Waals surface area contributed by atoms with Crippen LogP contribution in [0.25, 0.3) is 0 Å². The van der Waals surface area contributed by atoms with Crippen LogP contribution in [0.15, 0.2) is 18.2 Å². The van der Waals surface area contributed by atoms with Crippen LogP contribution >= 0.6 is 11.6 Å². The highest BCUT2D eigenvalue weighted by Crippen LogP contribution is 2.31. The van der Waals surface area contributed by atoms with Crippen molar-refractivity contribution in [1.82, 2.24) is 5.32 Å². The van der Waals surface area contributed by atoms with Gasteiger partial charge in [-0.05, 0) is 24.1 Å². The molecule has 1 aromatic carbocycles. The number of benzene rings is 1. The van der Waals surface area contributed by atoms with E-state index in [4.69, 9.17) is 16.3 Å². The summed E-state index contributed by atoms with van der Waals surface area (Å²) in [6.45, 7) is 1.88. The van der Waals surface area contributed by atoms with Crippen molar-refractivity contribution in [2.45, 2.75) is 18.2 Å². The maximum atomic E-state index is 11.6. The number of hydrogen-bond acceptors (Lipinski definition) is 3. The molecule has 0 aliphatic carbocycles. The third-order valence-electron chi connectivity index (χ3n) is 2.85. The van der Waals surface area contributed by atoms with Gasteiger partial charge in [0.1, 0.15) is 11.1 Å². The lowest BCUT2D eigenvalue weighted by Crippen LogP contribution is -2.22. The van der Waals surface area contributed by atoms with Gasteiger partial charge in [0.05, 0.1) is 13.0 Å². The van der Waals surface area contributed by atoms with Gasteiger partial charge in [-0.25, -0.2) is 0 Å².